The molecule has 1 aliphatic heterocycles. The summed E-state index contributed by atoms with van der Waals surface area (Å²) in [6, 6.07) is 0. The molecule has 0 unspecified atom stereocenters. The van der Waals surface area contributed by atoms with Gasteiger partial charge in [0.05, 0.1) is 19.4 Å². The molecule has 0 spiro atoms. The van der Waals surface area contributed by atoms with E-state index in [-0.39, 0.29) is 45.1 Å². The van der Waals surface area contributed by atoms with E-state index in [9.17, 15) is 18.9 Å². The smallest absolute Gasteiger partial charge is 0.330 e. The van der Waals surface area contributed by atoms with Gasteiger partial charge in [-0.25, -0.2) is 4.79 Å². The molecular formula is C12H20NO7P. The number of hydrogen-bond acceptors (Lipinski definition) is 7. The second-order valence-electron chi connectivity index (χ2n) is 4.32. The Bertz CT molecular complexity index is 425. The van der Waals surface area contributed by atoms with Crippen molar-refractivity contribution in [2.45, 2.75) is 39.5 Å². The fourth-order valence-corrected chi connectivity index (χ4v) is 3.45. The van der Waals surface area contributed by atoms with Crippen molar-refractivity contribution in [2.75, 3.05) is 19.4 Å². The molecule has 1 fully saturated rings. The maximum absolute atomic E-state index is 12.1. The van der Waals surface area contributed by atoms with Gasteiger partial charge in [0.1, 0.15) is 0 Å². The van der Waals surface area contributed by atoms with Crippen LogP contribution in [0.25, 0.3) is 0 Å². The summed E-state index contributed by atoms with van der Waals surface area (Å²) < 4.78 is 22.3. The average molecular weight is 321 g/mol. The van der Waals surface area contributed by atoms with Crippen LogP contribution in [0.1, 0.15) is 39.5 Å². The Hall–Kier alpha value is -1.24. The number of carbonyl (C=O) groups is 3. The highest BCUT2D eigenvalue weighted by Gasteiger charge is 2.33. The summed E-state index contributed by atoms with van der Waals surface area (Å²) in [7, 11) is -3.19. The highest BCUT2D eigenvalue weighted by Crippen LogP contribution is 2.48. The molecule has 21 heavy (non-hydrogen) atoms. The number of imide groups is 1. The number of carbonyl (C=O) groups excluding carboxylic acids is 3. The van der Waals surface area contributed by atoms with Crippen LogP contribution in [0.3, 0.4) is 0 Å². The SMILES string of the molecule is CCOP(=O)(CCCC(=O)ON1C(=O)CCC1=O)OCC. The van der Waals surface area contributed by atoms with Crippen LogP contribution >= 0.6 is 7.60 Å². The molecule has 0 bridgehead atoms. The van der Waals surface area contributed by atoms with Gasteiger partial charge in [-0.15, -0.1) is 5.06 Å². The van der Waals surface area contributed by atoms with Gasteiger partial charge in [0.25, 0.3) is 11.8 Å². The highest BCUT2D eigenvalue weighted by molar-refractivity contribution is 7.53. The molecule has 0 atom stereocenters. The van der Waals surface area contributed by atoms with Gasteiger partial charge in [-0.05, 0) is 20.3 Å². The molecule has 1 saturated heterocycles. The third-order valence-electron chi connectivity index (χ3n) is 2.66. The van der Waals surface area contributed by atoms with Gasteiger partial charge in [0.15, 0.2) is 0 Å². The molecule has 9 heteroatoms. The quantitative estimate of drug-likeness (QED) is 0.470. The Morgan fingerprint density at radius 1 is 1.14 bits per heavy atom. The molecule has 0 aromatic rings. The molecule has 1 rings (SSSR count). The Balaban J connectivity index is 2.37. The third kappa shape index (κ3) is 5.57. The lowest BCUT2D eigenvalue weighted by atomic mass is 10.3. The highest BCUT2D eigenvalue weighted by atomic mass is 31.2. The third-order valence-corrected chi connectivity index (χ3v) is 4.83. The van der Waals surface area contributed by atoms with E-state index in [2.05, 4.69) is 0 Å². The Morgan fingerprint density at radius 2 is 1.67 bits per heavy atom. The Morgan fingerprint density at radius 3 is 2.14 bits per heavy atom. The summed E-state index contributed by atoms with van der Waals surface area (Å²) in [4.78, 5) is 38.8. The number of nitrogens with zero attached hydrogens (tertiary/aromatic N) is 1. The van der Waals surface area contributed by atoms with Crippen molar-refractivity contribution in [1.29, 1.82) is 0 Å². The second-order valence-corrected chi connectivity index (χ2v) is 6.50. The van der Waals surface area contributed by atoms with Crippen molar-refractivity contribution in [1.82, 2.24) is 5.06 Å². The topological polar surface area (TPSA) is 99.2 Å². The number of hydrogen-bond donors (Lipinski definition) is 0. The number of amides is 2. The van der Waals surface area contributed by atoms with E-state index in [0.29, 0.717) is 5.06 Å². The van der Waals surface area contributed by atoms with Gasteiger partial charge < -0.3 is 13.9 Å². The van der Waals surface area contributed by atoms with E-state index < -0.39 is 25.4 Å². The van der Waals surface area contributed by atoms with E-state index in [1.807, 2.05) is 0 Å². The summed E-state index contributed by atoms with van der Waals surface area (Å²) >= 11 is 0. The van der Waals surface area contributed by atoms with Crippen LogP contribution in [-0.2, 0) is 32.8 Å². The molecule has 1 aliphatic rings. The zero-order valence-electron chi connectivity index (χ0n) is 12.2. The minimum absolute atomic E-state index is 0.0516. The molecule has 0 aromatic heterocycles. The van der Waals surface area contributed by atoms with Crippen LogP contribution in [0.5, 0.6) is 0 Å². The summed E-state index contributed by atoms with van der Waals surface area (Å²) in [6.45, 7) is 3.89. The number of hydroxylamine groups is 2. The van der Waals surface area contributed by atoms with Crippen molar-refractivity contribution in [3.8, 4) is 0 Å². The molecule has 120 valence electrons. The van der Waals surface area contributed by atoms with Crippen molar-refractivity contribution in [3.63, 3.8) is 0 Å². The van der Waals surface area contributed by atoms with Crippen LogP contribution in [0.15, 0.2) is 0 Å². The lowest BCUT2D eigenvalue weighted by Gasteiger charge is -2.17. The monoisotopic (exact) mass is 321 g/mol. The van der Waals surface area contributed by atoms with E-state index in [0.717, 1.165) is 0 Å². The first-order chi connectivity index (χ1) is 9.91. The summed E-state index contributed by atoms with van der Waals surface area (Å²) in [5.74, 6) is -1.77. The molecule has 0 aliphatic carbocycles. The standard InChI is InChI=1S/C12H20NO7P/c1-3-18-21(17,19-4-2)9-5-6-12(16)20-13-10(14)7-8-11(13)15/h3-9H2,1-2H3. The molecule has 0 N–H and O–H groups in total. The number of rotatable bonds is 9. The van der Waals surface area contributed by atoms with Crippen molar-refractivity contribution >= 4 is 25.4 Å². The zero-order chi connectivity index (χ0) is 15.9. The molecular weight excluding hydrogens is 301 g/mol. The van der Waals surface area contributed by atoms with Gasteiger partial charge in [-0.2, -0.15) is 0 Å². The first kappa shape index (κ1) is 17.8. The largest absolute Gasteiger partial charge is 0.333 e. The minimum atomic E-state index is -3.19. The second kappa shape index (κ2) is 8.26. The summed E-state index contributed by atoms with van der Waals surface area (Å²) in [5.41, 5.74) is 0. The van der Waals surface area contributed by atoms with Crippen LogP contribution in [0.4, 0.5) is 0 Å². The van der Waals surface area contributed by atoms with E-state index >= 15 is 0 Å². The zero-order valence-corrected chi connectivity index (χ0v) is 13.1. The van der Waals surface area contributed by atoms with Gasteiger partial charge >= 0.3 is 13.6 Å². The van der Waals surface area contributed by atoms with Crippen LogP contribution in [-0.4, -0.2) is 42.2 Å². The first-order valence-corrected chi connectivity index (χ1v) is 8.59. The molecule has 0 radical (unpaired) electrons. The van der Waals surface area contributed by atoms with E-state index in [1.54, 1.807) is 13.8 Å². The van der Waals surface area contributed by atoms with Crippen molar-refractivity contribution in [2.24, 2.45) is 0 Å². The fourth-order valence-electron chi connectivity index (χ4n) is 1.78. The van der Waals surface area contributed by atoms with Gasteiger partial charge in [-0.1, -0.05) is 0 Å². The van der Waals surface area contributed by atoms with E-state index in [1.165, 1.54) is 0 Å². The van der Waals surface area contributed by atoms with Crippen LogP contribution in [0.2, 0.25) is 0 Å². The Kier molecular flexibility index (Phi) is 7.01. The van der Waals surface area contributed by atoms with Crippen molar-refractivity contribution in [3.05, 3.63) is 0 Å². The van der Waals surface area contributed by atoms with Gasteiger partial charge in [0.2, 0.25) is 0 Å². The molecule has 8 nitrogen and oxygen atoms in total. The lowest BCUT2D eigenvalue weighted by molar-refractivity contribution is -0.197. The summed E-state index contributed by atoms with van der Waals surface area (Å²) in [5, 5.41) is 0.493. The van der Waals surface area contributed by atoms with Gasteiger partial charge in [0, 0.05) is 19.3 Å². The van der Waals surface area contributed by atoms with Crippen molar-refractivity contribution < 1.29 is 32.8 Å². The van der Waals surface area contributed by atoms with Crippen LogP contribution in [0, 0.1) is 0 Å². The maximum atomic E-state index is 12.1. The average Bonchev–Trinajstić information content (AvgIpc) is 2.71. The summed E-state index contributed by atoms with van der Waals surface area (Å²) in [6.07, 6.45) is 0.311. The molecule has 0 aromatic carbocycles. The minimum Gasteiger partial charge on any atom is -0.330 e. The Labute approximate surface area is 123 Å². The predicted octanol–water partition coefficient (Wildman–Crippen LogP) is 1.64. The normalized spacial score (nSPS) is 15.6. The maximum Gasteiger partial charge on any atom is 0.333 e. The van der Waals surface area contributed by atoms with E-state index in [4.69, 9.17) is 13.9 Å². The first-order valence-electron chi connectivity index (χ1n) is 6.86. The lowest BCUT2D eigenvalue weighted by Crippen LogP contribution is -2.32. The van der Waals surface area contributed by atoms with Gasteiger partial charge in [-0.3, -0.25) is 14.2 Å². The predicted molar refractivity (Wildman–Crippen MR) is 72.1 cm³/mol. The molecule has 2 amide bonds. The van der Waals surface area contributed by atoms with Crippen LogP contribution < -0.4 is 0 Å². The fraction of sp³-hybridized carbons (Fsp3) is 0.750. The molecule has 1 heterocycles. The molecule has 0 saturated carbocycles.